The number of pyridine rings is 1. The Morgan fingerprint density at radius 2 is 1.72 bits per heavy atom. The zero-order valence-corrected chi connectivity index (χ0v) is 21.9. The number of halogens is 1. The minimum Gasteiger partial charge on any atom is -0.368 e. The first-order valence-corrected chi connectivity index (χ1v) is 13.9. The number of anilines is 2. The molecule has 0 spiro atoms. The summed E-state index contributed by atoms with van der Waals surface area (Å²) >= 11 is 7.33. The average molecular weight is 523 g/mol. The van der Waals surface area contributed by atoms with Crippen LogP contribution in [0.2, 0.25) is 4.34 Å². The van der Waals surface area contributed by atoms with Crippen LogP contribution in [0.25, 0.3) is 0 Å². The summed E-state index contributed by atoms with van der Waals surface area (Å²) in [6.45, 7) is 3.40. The van der Waals surface area contributed by atoms with Crippen LogP contribution in [0.3, 0.4) is 0 Å². The molecule has 1 aliphatic carbocycles. The smallest absolute Gasteiger partial charge is 0.264 e. The molecule has 5 rings (SSSR count). The second-order valence-electron chi connectivity index (χ2n) is 9.52. The molecule has 2 aromatic heterocycles. The van der Waals surface area contributed by atoms with Gasteiger partial charge in [-0.3, -0.25) is 14.6 Å². The van der Waals surface area contributed by atoms with E-state index in [1.807, 2.05) is 28.1 Å². The minimum atomic E-state index is 0.0502. The SMILES string of the molecule is O=C(c1ccc(Cl)s1)N1CCN(c2ccc(N(Cc3cccnc3)C(=O)C3CCCCC3)cc2)CC1. The molecule has 2 fully saturated rings. The van der Waals surface area contributed by atoms with Gasteiger partial charge < -0.3 is 14.7 Å². The van der Waals surface area contributed by atoms with Gasteiger partial charge in [-0.1, -0.05) is 36.9 Å². The predicted molar refractivity (Wildman–Crippen MR) is 146 cm³/mol. The van der Waals surface area contributed by atoms with E-state index in [4.69, 9.17) is 11.6 Å². The Bertz CT molecular complexity index is 1170. The lowest BCUT2D eigenvalue weighted by molar-refractivity contribution is -0.123. The third kappa shape index (κ3) is 5.73. The van der Waals surface area contributed by atoms with Crippen molar-refractivity contribution in [1.29, 1.82) is 0 Å². The molecule has 6 nitrogen and oxygen atoms in total. The van der Waals surface area contributed by atoms with E-state index >= 15 is 0 Å². The Balaban J connectivity index is 1.26. The second kappa shape index (κ2) is 11.4. The number of piperazine rings is 1. The van der Waals surface area contributed by atoms with Crippen molar-refractivity contribution in [3.05, 3.63) is 75.7 Å². The van der Waals surface area contributed by atoms with Crippen molar-refractivity contribution in [1.82, 2.24) is 9.88 Å². The number of carbonyl (C=O) groups is 2. The lowest BCUT2D eigenvalue weighted by Gasteiger charge is -2.36. The van der Waals surface area contributed by atoms with Crippen LogP contribution >= 0.6 is 22.9 Å². The van der Waals surface area contributed by atoms with Gasteiger partial charge in [-0.25, -0.2) is 0 Å². The molecule has 2 amide bonds. The van der Waals surface area contributed by atoms with Crippen LogP contribution < -0.4 is 9.80 Å². The molecule has 1 aliphatic heterocycles. The highest BCUT2D eigenvalue weighted by atomic mass is 35.5. The Kier molecular flexibility index (Phi) is 7.87. The van der Waals surface area contributed by atoms with E-state index in [9.17, 15) is 9.59 Å². The van der Waals surface area contributed by atoms with Gasteiger partial charge in [0.05, 0.1) is 15.8 Å². The summed E-state index contributed by atoms with van der Waals surface area (Å²) in [5, 5.41) is 0. The van der Waals surface area contributed by atoms with Gasteiger partial charge >= 0.3 is 0 Å². The molecule has 1 saturated carbocycles. The first-order valence-electron chi connectivity index (χ1n) is 12.7. The molecule has 1 saturated heterocycles. The second-order valence-corrected chi connectivity index (χ2v) is 11.2. The molecular formula is C28H31ClN4O2S. The summed E-state index contributed by atoms with van der Waals surface area (Å²) in [4.78, 5) is 37.3. The molecule has 188 valence electrons. The van der Waals surface area contributed by atoms with Crippen LogP contribution in [0.4, 0.5) is 11.4 Å². The normalized spacial score (nSPS) is 16.7. The maximum absolute atomic E-state index is 13.6. The number of carbonyl (C=O) groups excluding carboxylic acids is 2. The zero-order chi connectivity index (χ0) is 24.9. The fraction of sp³-hybridized carbons (Fsp3) is 0.393. The van der Waals surface area contributed by atoms with Crippen molar-refractivity contribution in [3.63, 3.8) is 0 Å². The van der Waals surface area contributed by atoms with Crippen molar-refractivity contribution in [2.75, 3.05) is 36.0 Å². The topological polar surface area (TPSA) is 56.8 Å². The molecule has 0 bridgehead atoms. The monoisotopic (exact) mass is 522 g/mol. The van der Waals surface area contributed by atoms with Crippen LogP contribution in [0.15, 0.2) is 60.9 Å². The Morgan fingerprint density at radius 1 is 0.972 bits per heavy atom. The van der Waals surface area contributed by atoms with E-state index in [1.165, 1.54) is 17.8 Å². The Morgan fingerprint density at radius 3 is 2.36 bits per heavy atom. The molecule has 8 heteroatoms. The van der Waals surface area contributed by atoms with Crippen molar-refractivity contribution in [2.24, 2.45) is 5.92 Å². The molecule has 3 heterocycles. The summed E-state index contributed by atoms with van der Waals surface area (Å²) in [5.74, 6) is 0.361. The summed E-state index contributed by atoms with van der Waals surface area (Å²) in [5.41, 5.74) is 3.05. The first kappa shape index (κ1) is 24.8. The summed E-state index contributed by atoms with van der Waals surface area (Å²) in [6, 6.07) is 15.8. The maximum Gasteiger partial charge on any atom is 0.264 e. The van der Waals surface area contributed by atoms with Crippen molar-refractivity contribution in [3.8, 4) is 0 Å². The molecule has 2 aliphatic rings. The number of nitrogens with zero attached hydrogens (tertiary/aromatic N) is 4. The van der Waals surface area contributed by atoms with Gasteiger partial charge in [0.25, 0.3) is 5.91 Å². The van der Waals surface area contributed by atoms with Crippen LogP contribution in [-0.2, 0) is 11.3 Å². The number of amides is 2. The van der Waals surface area contributed by atoms with Crippen LogP contribution in [0, 0.1) is 5.92 Å². The van der Waals surface area contributed by atoms with E-state index in [-0.39, 0.29) is 17.7 Å². The first-order chi connectivity index (χ1) is 17.6. The van der Waals surface area contributed by atoms with Crippen LogP contribution in [0.5, 0.6) is 0 Å². The van der Waals surface area contributed by atoms with Gasteiger partial charge in [-0.15, -0.1) is 11.3 Å². The lowest BCUT2D eigenvalue weighted by Crippen LogP contribution is -2.48. The van der Waals surface area contributed by atoms with Gasteiger partial charge in [-0.05, 0) is 60.9 Å². The molecule has 36 heavy (non-hydrogen) atoms. The quantitative estimate of drug-likeness (QED) is 0.406. The van der Waals surface area contributed by atoms with Gasteiger partial charge in [-0.2, -0.15) is 0 Å². The lowest BCUT2D eigenvalue weighted by atomic mass is 9.88. The number of rotatable bonds is 6. The highest BCUT2D eigenvalue weighted by Gasteiger charge is 2.28. The van der Waals surface area contributed by atoms with E-state index in [0.29, 0.717) is 28.8 Å². The van der Waals surface area contributed by atoms with Crippen molar-refractivity contribution >= 4 is 46.1 Å². The van der Waals surface area contributed by atoms with E-state index in [1.54, 1.807) is 18.3 Å². The van der Waals surface area contributed by atoms with E-state index in [0.717, 1.165) is 55.7 Å². The molecule has 0 N–H and O–H groups in total. The van der Waals surface area contributed by atoms with E-state index in [2.05, 4.69) is 34.1 Å². The Labute approximate surface area is 221 Å². The third-order valence-electron chi connectivity index (χ3n) is 7.16. The standard InChI is InChI=1S/C28H31ClN4O2S/c29-26-13-12-25(36-26)28(35)32-17-15-31(16-18-32)23-8-10-24(11-9-23)33(20-21-5-4-14-30-19-21)27(34)22-6-2-1-3-7-22/h4-5,8-14,19,22H,1-3,6-7,15-18,20H2. The summed E-state index contributed by atoms with van der Waals surface area (Å²) in [7, 11) is 0. The molecule has 1 aromatic carbocycles. The summed E-state index contributed by atoms with van der Waals surface area (Å²) in [6.07, 6.45) is 9.02. The molecule has 0 radical (unpaired) electrons. The molecule has 0 atom stereocenters. The largest absolute Gasteiger partial charge is 0.368 e. The summed E-state index contributed by atoms with van der Waals surface area (Å²) < 4.78 is 0.636. The average Bonchev–Trinajstić information content (AvgIpc) is 3.38. The zero-order valence-electron chi connectivity index (χ0n) is 20.3. The van der Waals surface area contributed by atoms with Gasteiger partial charge in [0.1, 0.15) is 0 Å². The Hall–Kier alpha value is -2.90. The van der Waals surface area contributed by atoms with Crippen LogP contribution in [0.1, 0.15) is 47.3 Å². The molecule has 0 unspecified atom stereocenters. The fourth-order valence-electron chi connectivity index (χ4n) is 5.14. The predicted octanol–water partition coefficient (Wildman–Crippen LogP) is 5.87. The van der Waals surface area contributed by atoms with Crippen molar-refractivity contribution < 1.29 is 9.59 Å². The molecular weight excluding hydrogens is 492 g/mol. The maximum atomic E-state index is 13.6. The number of thiophene rings is 1. The number of benzene rings is 1. The number of hydrogen-bond acceptors (Lipinski definition) is 5. The van der Waals surface area contributed by atoms with Crippen molar-refractivity contribution in [2.45, 2.75) is 38.6 Å². The fourth-order valence-corrected chi connectivity index (χ4v) is 6.15. The number of hydrogen-bond donors (Lipinski definition) is 0. The highest BCUT2D eigenvalue weighted by molar-refractivity contribution is 7.17. The van der Waals surface area contributed by atoms with E-state index < -0.39 is 0 Å². The van der Waals surface area contributed by atoms with Crippen LogP contribution in [-0.4, -0.2) is 47.9 Å². The minimum absolute atomic E-state index is 0.0502. The third-order valence-corrected chi connectivity index (χ3v) is 8.38. The van der Waals surface area contributed by atoms with Gasteiger partial charge in [0.15, 0.2) is 0 Å². The van der Waals surface area contributed by atoms with Gasteiger partial charge in [0, 0.05) is 55.9 Å². The molecule has 3 aromatic rings. The highest BCUT2D eigenvalue weighted by Crippen LogP contribution is 2.30. The van der Waals surface area contributed by atoms with Gasteiger partial charge in [0.2, 0.25) is 5.91 Å². The number of aromatic nitrogens is 1.